The molecular weight excluding hydrogens is 383 g/mol. The van der Waals surface area contributed by atoms with Crippen LogP contribution in [0.15, 0.2) is 84.6 Å². The Morgan fingerprint density at radius 2 is 1.53 bits per heavy atom. The lowest BCUT2D eigenvalue weighted by molar-refractivity contribution is -0.137. The van der Waals surface area contributed by atoms with Gasteiger partial charge in [-0.05, 0) is 35.9 Å². The first-order valence-electron chi connectivity index (χ1n) is 9.39. The topological polar surface area (TPSA) is 58.6 Å². The van der Waals surface area contributed by atoms with Gasteiger partial charge in [-0.15, -0.1) is 0 Å². The number of halogens is 1. The van der Waals surface area contributed by atoms with Crippen molar-refractivity contribution in [3.05, 3.63) is 102 Å². The number of hydrogen-bond acceptors (Lipinski definition) is 4. The van der Waals surface area contributed by atoms with Gasteiger partial charge in [0.15, 0.2) is 0 Å². The predicted molar refractivity (Wildman–Crippen MR) is 112 cm³/mol. The second kappa shape index (κ2) is 8.21. The van der Waals surface area contributed by atoms with Crippen LogP contribution in [-0.2, 0) is 16.1 Å². The average molecular weight is 402 g/mol. The Balaban J connectivity index is 1.72. The second-order valence-corrected chi connectivity index (χ2v) is 6.76. The molecule has 6 heteroatoms. The number of hydrogen-bond donors (Lipinski definition) is 1. The standard InChI is InChI=1S/C24H19FN2O3/c1-30-19-13-11-18(12-14-19)26-22-21(16-7-3-2-4-8-16)23(28)27(24(22)29)15-17-9-5-6-10-20(17)25/h2-14,26H,15H2,1H3. The maximum Gasteiger partial charge on any atom is 0.278 e. The van der Waals surface area contributed by atoms with Crippen LogP contribution in [0.4, 0.5) is 10.1 Å². The highest BCUT2D eigenvalue weighted by molar-refractivity contribution is 6.36. The van der Waals surface area contributed by atoms with Crippen LogP contribution in [0.25, 0.3) is 5.57 Å². The van der Waals surface area contributed by atoms with Crippen LogP contribution in [-0.4, -0.2) is 23.8 Å². The molecule has 0 unspecified atom stereocenters. The third-order valence-electron chi connectivity index (χ3n) is 4.88. The molecule has 0 saturated carbocycles. The molecular formula is C24H19FN2O3. The van der Waals surface area contributed by atoms with Gasteiger partial charge in [-0.3, -0.25) is 14.5 Å². The maximum atomic E-state index is 14.1. The molecule has 0 aromatic heterocycles. The first-order chi connectivity index (χ1) is 14.6. The molecule has 1 aliphatic heterocycles. The Bertz CT molecular complexity index is 1120. The molecule has 3 aromatic carbocycles. The number of amides is 2. The van der Waals surface area contributed by atoms with E-state index in [4.69, 9.17) is 4.74 Å². The van der Waals surface area contributed by atoms with E-state index in [-0.39, 0.29) is 23.4 Å². The number of anilines is 1. The van der Waals surface area contributed by atoms with Gasteiger partial charge in [0.05, 0.1) is 19.2 Å². The fourth-order valence-electron chi connectivity index (χ4n) is 3.32. The summed E-state index contributed by atoms with van der Waals surface area (Å²) >= 11 is 0. The van der Waals surface area contributed by atoms with Crippen LogP contribution in [0, 0.1) is 5.82 Å². The van der Waals surface area contributed by atoms with Gasteiger partial charge >= 0.3 is 0 Å². The van der Waals surface area contributed by atoms with Crippen molar-refractivity contribution in [2.45, 2.75) is 6.54 Å². The van der Waals surface area contributed by atoms with E-state index in [1.165, 1.54) is 6.07 Å². The molecule has 0 atom stereocenters. The van der Waals surface area contributed by atoms with Crippen molar-refractivity contribution in [2.75, 3.05) is 12.4 Å². The summed E-state index contributed by atoms with van der Waals surface area (Å²) in [5, 5.41) is 3.07. The fraction of sp³-hybridized carbons (Fsp3) is 0.0833. The highest BCUT2D eigenvalue weighted by Crippen LogP contribution is 2.32. The minimum atomic E-state index is -0.502. The van der Waals surface area contributed by atoms with Gasteiger partial charge in [-0.2, -0.15) is 0 Å². The van der Waals surface area contributed by atoms with Crippen molar-refractivity contribution in [1.29, 1.82) is 0 Å². The van der Waals surface area contributed by atoms with Gasteiger partial charge in [0.1, 0.15) is 17.3 Å². The summed E-state index contributed by atoms with van der Waals surface area (Å²) in [6.45, 7) is -0.144. The Kier molecular flexibility index (Phi) is 5.30. The van der Waals surface area contributed by atoms with Crippen LogP contribution in [0.3, 0.4) is 0 Å². The normalized spacial score (nSPS) is 13.7. The molecule has 0 bridgehead atoms. The minimum Gasteiger partial charge on any atom is -0.497 e. The Morgan fingerprint density at radius 3 is 2.20 bits per heavy atom. The molecule has 0 saturated heterocycles. The van der Waals surface area contributed by atoms with Gasteiger partial charge in [0, 0.05) is 11.3 Å². The van der Waals surface area contributed by atoms with E-state index in [0.29, 0.717) is 17.0 Å². The quantitative estimate of drug-likeness (QED) is 0.627. The van der Waals surface area contributed by atoms with E-state index in [1.807, 2.05) is 6.07 Å². The van der Waals surface area contributed by atoms with Gasteiger partial charge < -0.3 is 10.1 Å². The van der Waals surface area contributed by atoms with Crippen molar-refractivity contribution in [2.24, 2.45) is 0 Å². The Morgan fingerprint density at radius 1 is 0.867 bits per heavy atom. The highest BCUT2D eigenvalue weighted by Gasteiger charge is 2.39. The summed E-state index contributed by atoms with van der Waals surface area (Å²) in [4.78, 5) is 27.4. The summed E-state index contributed by atoms with van der Waals surface area (Å²) in [6, 6.07) is 22.1. The SMILES string of the molecule is COc1ccc(NC2=C(c3ccccc3)C(=O)N(Cc3ccccc3F)C2=O)cc1. The van der Waals surface area contributed by atoms with Crippen molar-refractivity contribution in [1.82, 2.24) is 4.90 Å². The average Bonchev–Trinajstić information content (AvgIpc) is 3.00. The molecule has 3 aromatic rings. The molecule has 4 rings (SSSR count). The number of carbonyl (C=O) groups is 2. The van der Waals surface area contributed by atoms with Crippen LogP contribution in [0.2, 0.25) is 0 Å². The number of carbonyl (C=O) groups excluding carboxylic acids is 2. The monoisotopic (exact) mass is 402 g/mol. The summed E-state index contributed by atoms with van der Waals surface area (Å²) < 4.78 is 19.3. The van der Waals surface area contributed by atoms with Crippen LogP contribution in [0.5, 0.6) is 5.75 Å². The van der Waals surface area contributed by atoms with Gasteiger partial charge in [-0.25, -0.2) is 4.39 Å². The second-order valence-electron chi connectivity index (χ2n) is 6.76. The molecule has 2 amide bonds. The number of ether oxygens (including phenoxy) is 1. The first kappa shape index (κ1) is 19.4. The molecule has 0 spiro atoms. The molecule has 1 N–H and O–H groups in total. The van der Waals surface area contributed by atoms with E-state index in [9.17, 15) is 14.0 Å². The third-order valence-corrected chi connectivity index (χ3v) is 4.88. The van der Waals surface area contributed by atoms with E-state index in [0.717, 1.165) is 4.90 Å². The van der Waals surface area contributed by atoms with Crippen molar-refractivity contribution < 1.29 is 18.7 Å². The number of benzene rings is 3. The summed E-state index contributed by atoms with van der Waals surface area (Å²) in [5.74, 6) is -0.757. The zero-order valence-corrected chi connectivity index (χ0v) is 16.3. The number of methoxy groups -OCH3 is 1. The number of nitrogens with zero attached hydrogens (tertiary/aromatic N) is 1. The summed E-state index contributed by atoms with van der Waals surface area (Å²) in [6.07, 6.45) is 0. The third kappa shape index (κ3) is 3.67. The van der Waals surface area contributed by atoms with E-state index in [2.05, 4.69) is 5.32 Å². The molecule has 0 fully saturated rings. The number of rotatable bonds is 6. The Hall–Kier alpha value is -3.93. The first-order valence-corrected chi connectivity index (χ1v) is 9.39. The molecule has 150 valence electrons. The smallest absolute Gasteiger partial charge is 0.278 e. The van der Waals surface area contributed by atoms with Gasteiger partial charge in [0.25, 0.3) is 11.8 Å². The van der Waals surface area contributed by atoms with Crippen LogP contribution >= 0.6 is 0 Å². The van der Waals surface area contributed by atoms with Gasteiger partial charge in [0.2, 0.25) is 0 Å². The zero-order valence-electron chi connectivity index (χ0n) is 16.3. The largest absolute Gasteiger partial charge is 0.497 e. The summed E-state index contributed by atoms with van der Waals surface area (Å²) in [5.41, 5.74) is 1.94. The lowest BCUT2D eigenvalue weighted by Crippen LogP contribution is -2.32. The molecule has 0 radical (unpaired) electrons. The summed E-state index contributed by atoms with van der Waals surface area (Å²) in [7, 11) is 1.57. The van der Waals surface area contributed by atoms with Crippen molar-refractivity contribution in [3.8, 4) is 5.75 Å². The Labute approximate surface area is 173 Å². The van der Waals surface area contributed by atoms with Crippen molar-refractivity contribution in [3.63, 3.8) is 0 Å². The van der Waals surface area contributed by atoms with E-state index >= 15 is 0 Å². The minimum absolute atomic E-state index is 0.144. The molecule has 30 heavy (non-hydrogen) atoms. The predicted octanol–water partition coefficient (Wildman–Crippen LogP) is 4.23. The van der Waals surface area contributed by atoms with E-state index < -0.39 is 17.6 Å². The maximum absolute atomic E-state index is 14.1. The molecule has 1 aliphatic rings. The number of nitrogens with one attached hydrogen (secondary N) is 1. The lowest BCUT2D eigenvalue weighted by Gasteiger charge is -2.16. The lowest BCUT2D eigenvalue weighted by atomic mass is 10.0. The fourth-order valence-corrected chi connectivity index (χ4v) is 3.32. The van der Waals surface area contributed by atoms with E-state index in [1.54, 1.807) is 73.8 Å². The molecule has 5 nitrogen and oxygen atoms in total. The van der Waals surface area contributed by atoms with Crippen LogP contribution < -0.4 is 10.1 Å². The number of imide groups is 1. The highest BCUT2D eigenvalue weighted by atomic mass is 19.1. The van der Waals surface area contributed by atoms with Crippen molar-refractivity contribution >= 4 is 23.1 Å². The molecule has 1 heterocycles. The molecule has 0 aliphatic carbocycles. The van der Waals surface area contributed by atoms with Gasteiger partial charge in [-0.1, -0.05) is 48.5 Å². The van der Waals surface area contributed by atoms with Crippen LogP contribution in [0.1, 0.15) is 11.1 Å². The zero-order chi connectivity index (χ0) is 21.1.